The number of hydrogen-bond donors (Lipinski definition) is 0. The molecule has 0 aromatic heterocycles. The van der Waals surface area contributed by atoms with Crippen LogP contribution in [0.15, 0.2) is 53.4 Å². The highest BCUT2D eigenvalue weighted by Gasteiger charge is 2.29. The van der Waals surface area contributed by atoms with Crippen molar-refractivity contribution in [3.8, 4) is 5.75 Å². The number of rotatable bonds is 7. The SMILES string of the molecule is CCCCOc1ccc(S(=O)(=O)N2CCN(c3ccccc3F)CC2)cc1. The highest BCUT2D eigenvalue weighted by molar-refractivity contribution is 7.89. The van der Waals surface area contributed by atoms with Gasteiger partial charge in [0.1, 0.15) is 11.6 Å². The highest BCUT2D eigenvalue weighted by Crippen LogP contribution is 2.24. The number of anilines is 1. The predicted octanol–water partition coefficient (Wildman–Crippen LogP) is 3.52. The van der Waals surface area contributed by atoms with Gasteiger partial charge in [0.2, 0.25) is 10.0 Å². The number of halogens is 1. The zero-order valence-corrected chi connectivity index (χ0v) is 16.3. The molecule has 1 aliphatic heterocycles. The third-order valence-electron chi connectivity index (χ3n) is 4.66. The van der Waals surface area contributed by atoms with Gasteiger partial charge in [0.05, 0.1) is 17.2 Å². The van der Waals surface area contributed by atoms with Gasteiger partial charge in [-0.15, -0.1) is 0 Å². The zero-order valence-electron chi connectivity index (χ0n) is 15.5. The summed E-state index contributed by atoms with van der Waals surface area (Å²) in [6, 6.07) is 13.1. The fourth-order valence-electron chi connectivity index (χ4n) is 3.07. The van der Waals surface area contributed by atoms with Gasteiger partial charge >= 0.3 is 0 Å². The van der Waals surface area contributed by atoms with Gasteiger partial charge in [0.15, 0.2) is 0 Å². The molecule has 0 N–H and O–H groups in total. The summed E-state index contributed by atoms with van der Waals surface area (Å²) >= 11 is 0. The van der Waals surface area contributed by atoms with E-state index in [1.54, 1.807) is 42.5 Å². The van der Waals surface area contributed by atoms with E-state index in [2.05, 4.69) is 6.92 Å². The summed E-state index contributed by atoms with van der Waals surface area (Å²) < 4.78 is 46.7. The maximum atomic E-state index is 13.9. The van der Waals surface area contributed by atoms with Crippen LogP contribution < -0.4 is 9.64 Å². The topological polar surface area (TPSA) is 49.9 Å². The van der Waals surface area contributed by atoms with Crippen molar-refractivity contribution in [2.45, 2.75) is 24.7 Å². The molecule has 0 aliphatic carbocycles. The molecule has 1 aliphatic rings. The number of hydrogen-bond acceptors (Lipinski definition) is 4. The Morgan fingerprint density at radius 1 is 1.00 bits per heavy atom. The molecule has 7 heteroatoms. The van der Waals surface area contributed by atoms with E-state index in [0.717, 1.165) is 12.8 Å². The first-order valence-corrected chi connectivity index (χ1v) is 10.7. The van der Waals surface area contributed by atoms with E-state index in [1.807, 2.05) is 4.90 Å². The van der Waals surface area contributed by atoms with Crippen LogP contribution in [-0.2, 0) is 10.0 Å². The van der Waals surface area contributed by atoms with Gasteiger partial charge in [-0.25, -0.2) is 12.8 Å². The highest BCUT2D eigenvalue weighted by atomic mass is 32.2. The predicted molar refractivity (Wildman–Crippen MR) is 104 cm³/mol. The van der Waals surface area contributed by atoms with Crippen molar-refractivity contribution in [2.24, 2.45) is 0 Å². The van der Waals surface area contributed by atoms with Crippen LogP contribution in [-0.4, -0.2) is 45.5 Å². The Morgan fingerprint density at radius 2 is 1.67 bits per heavy atom. The van der Waals surface area contributed by atoms with Crippen LogP contribution in [0.5, 0.6) is 5.75 Å². The largest absolute Gasteiger partial charge is 0.494 e. The van der Waals surface area contributed by atoms with Crippen molar-refractivity contribution in [3.63, 3.8) is 0 Å². The summed E-state index contributed by atoms with van der Waals surface area (Å²) in [6.07, 6.45) is 2.01. The van der Waals surface area contributed by atoms with Crippen LogP contribution in [0.1, 0.15) is 19.8 Å². The molecule has 0 spiro atoms. The minimum Gasteiger partial charge on any atom is -0.494 e. The Labute approximate surface area is 160 Å². The van der Waals surface area contributed by atoms with Gasteiger partial charge in [-0.05, 0) is 42.8 Å². The quantitative estimate of drug-likeness (QED) is 0.677. The van der Waals surface area contributed by atoms with E-state index in [4.69, 9.17) is 4.74 Å². The van der Waals surface area contributed by atoms with E-state index in [-0.39, 0.29) is 10.7 Å². The molecule has 0 radical (unpaired) electrons. The van der Waals surface area contributed by atoms with Crippen molar-refractivity contribution in [1.82, 2.24) is 4.31 Å². The number of sulfonamides is 1. The number of unbranched alkanes of at least 4 members (excludes halogenated alkanes) is 1. The average molecular weight is 392 g/mol. The van der Waals surface area contributed by atoms with Crippen molar-refractivity contribution in [3.05, 3.63) is 54.3 Å². The van der Waals surface area contributed by atoms with Crippen molar-refractivity contribution in [1.29, 1.82) is 0 Å². The fourth-order valence-corrected chi connectivity index (χ4v) is 4.49. The summed E-state index contributed by atoms with van der Waals surface area (Å²) in [4.78, 5) is 2.14. The van der Waals surface area contributed by atoms with Gasteiger partial charge in [0, 0.05) is 26.2 Å². The number of piperazine rings is 1. The summed E-state index contributed by atoms with van der Waals surface area (Å²) in [5.74, 6) is 0.388. The second kappa shape index (κ2) is 8.71. The van der Waals surface area contributed by atoms with Crippen molar-refractivity contribution in [2.75, 3.05) is 37.7 Å². The molecule has 5 nitrogen and oxygen atoms in total. The number of para-hydroxylation sites is 1. The Bertz CT molecular complexity index is 848. The molecule has 0 bridgehead atoms. The zero-order chi connectivity index (χ0) is 19.3. The summed E-state index contributed by atoms with van der Waals surface area (Å²) in [5, 5.41) is 0. The molecule has 1 saturated heterocycles. The standard InChI is InChI=1S/C20H25FN2O3S/c1-2-3-16-26-17-8-10-18(11-9-17)27(24,25)23-14-12-22(13-15-23)20-7-5-4-6-19(20)21/h4-11H,2-3,12-16H2,1H3. The molecule has 1 fully saturated rings. The number of benzene rings is 2. The van der Waals surface area contributed by atoms with Crippen LogP contribution in [0.3, 0.4) is 0 Å². The van der Waals surface area contributed by atoms with E-state index < -0.39 is 10.0 Å². The van der Waals surface area contributed by atoms with E-state index in [1.165, 1.54) is 10.4 Å². The molecule has 2 aromatic rings. The lowest BCUT2D eigenvalue weighted by Gasteiger charge is -2.35. The van der Waals surface area contributed by atoms with Crippen molar-refractivity contribution < 1.29 is 17.5 Å². The third kappa shape index (κ3) is 4.59. The third-order valence-corrected chi connectivity index (χ3v) is 6.57. The van der Waals surface area contributed by atoms with Crippen LogP contribution in [0.25, 0.3) is 0 Å². The molecule has 0 atom stereocenters. The van der Waals surface area contributed by atoms with Crippen LogP contribution in [0.2, 0.25) is 0 Å². The minimum absolute atomic E-state index is 0.254. The minimum atomic E-state index is -3.56. The molecule has 1 heterocycles. The average Bonchev–Trinajstić information content (AvgIpc) is 2.69. The first-order chi connectivity index (χ1) is 13.0. The maximum absolute atomic E-state index is 13.9. The first-order valence-electron chi connectivity index (χ1n) is 9.25. The number of ether oxygens (including phenoxy) is 1. The molecule has 0 unspecified atom stereocenters. The molecule has 0 amide bonds. The lowest BCUT2D eigenvalue weighted by molar-refractivity contribution is 0.309. The van der Waals surface area contributed by atoms with Gasteiger partial charge in [-0.1, -0.05) is 25.5 Å². The van der Waals surface area contributed by atoms with E-state index in [9.17, 15) is 12.8 Å². The van der Waals surface area contributed by atoms with Gasteiger partial charge in [0.25, 0.3) is 0 Å². The Kier molecular flexibility index (Phi) is 6.34. The molecule has 0 saturated carbocycles. The monoisotopic (exact) mass is 392 g/mol. The summed E-state index contributed by atoms with van der Waals surface area (Å²) in [6.45, 7) is 4.28. The molecular weight excluding hydrogens is 367 g/mol. The molecule has 2 aromatic carbocycles. The first kappa shape index (κ1) is 19.6. The smallest absolute Gasteiger partial charge is 0.243 e. The lowest BCUT2D eigenvalue weighted by atomic mass is 10.2. The maximum Gasteiger partial charge on any atom is 0.243 e. The normalized spacial score (nSPS) is 15.7. The molecule has 3 rings (SSSR count). The summed E-state index contributed by atoms with van der Waals surface area (Å²) in [5.41, 5.74) is 0.517. The van der Waals surface area contributed by atoms with Crippen LogP contribution in [0, 0.1) is 5.82 Å². The Morgan fingerprint density at radius 3 is 2.30 bits per heavy atom. The second-order valence-electron chi connectivity index (χ2n) is 6.52. The van der Waals surface area contributed by atoms with Crippen LogP contribution in [0.4, 0.5) is 10.1 Å². The lowest BCUT2D eigenvalue weighted by Crippen LogP contribution is -2.48. The van der Waals surface area contributed by atoms with Gasteiger partial charge < -0.3 is 9.64 Å². The Balaban J connectivity index is 1.64. The van der Waals surface area contributed by atoms with E-state index in [0.29, 0.717) is 44.2 Å². The van der Waals surface area contributed by atoms with Gasteiger partial charge in [-0.3, -0.25) is 0 Å². The fraction of sp³-hybridized carbons (Fsp3) is 0.400. The van der Waals surface area contributed by atoms with E-state index >= 15 is 0 Å². The van der Waals surface area contributed by atoms with Crippen LogP contribution >= 0.6 is 0 Å². The molecule has 146 valence electrons. The van der Waals surface area contributed by atoms with Crippen molar-refractivity contribution >= 4 is 15.7 Å². The number of nitrogens with zero attached hydrogens (tertiary/aromatic N) is 2. The second-order valence-corrected chi connectivity index (χ2v) is 8.45. The molecular formula is C20H25FN2O3S. The Hall–Kier alpha value is -2.12. The van der Waals surface area contributed by atoms with Gasteiger partial charge in [-0.2, -0.15) is 4.31 Å². The summed E-state index contributed by atoms with van der Waals surface area (Å²) in [7, 11) is -3.56. The molecule has 27 heavy (non-hydrogen) atoms.